The third-order valence-corrected chi connectivity index (χ3v) is 1.73. The van der Waals surface area contributed by atoms with Crippen LogP contribution in [0.2, 0.25) is 0 Å². The van der Waals surface area contributed by atoms with Gasteiger partial charge in [-0.15, -0.1) is 6.58 Å². The number of hydrogen-bond acceptors (Lipinski definition) is 1. The Bertz CT molecular complexity index is 301. The van der Waals surface area contributed by atoms with Crippen LogP contribution in [0.5, 0.6) is 0 Å². The van der Waals surface area contributed by atoms with Crippen molar-refractivity contribution in [1.82, 2.24) is 5.32 Å². The Labute approximate surface area is 84.0 Å². The molecule has 1 N–H and O–H groups in total. The average molecular weight is 191 g/mol. The minimum atomic E-state index is -0.202. The maximum Gasteiger partial charge on any atom is 0.123 e. The molecule has 14 heavy (non-hydrogen) atoms. The smallest absolute Gasteiger partial charge is 0.123 e. The van der Waals surface area contributed by atoms with Gasteiger partial charge in [-0.05, 0) is 17.7 Å². The van der Waals surface area contributed by atoms with Gasteiger partial charge >= 0.3 is 0 Å². The zero-order valence-electron chi connectivity index (χ0n) is 8.04. The van der Waals surface area contributed by atoms with Crippen molar-refractivity contribution >= 4 is 6.08 Å². The quantitative estimate of drug-likeness (QED) is 0.557. The molecule has 0 unspecified atom stereocenters. The molecule has 0 aliphatic heterocycles. The van der Waals surface area contributed by atoms with Gasteiger partial charge in [0, 0.05) is 13.1 Å². The summed E-state index contributed by atoms with van der Waals surface area (Å²) in [7, 11) is 0. The zero-order chi connectivity index (χ0) is 10.2. The molecule has 0 saturated carbocycles. The van der Waals surface area contributed by atoms with Crippen LogP contribution in [-0.2, 0) is 0 Å². The molecule has 0 aliphatic rings. The van der Waals surface area contributed by atoms with Gasteiger partial charge in [0.05, 0.1) is 0 Å². The van der Waals surface area contributed by atoms with Crippen LogP contribution in [0.15, 0.2) is 43.0 Å². The molecule has 0 atom stereocenters. The molecule has 1 aromatic rings. The van der Waals surface area contributed by atoms with E-state index in [4.69, 9.17) is 0 Å². The third kappa shape index (κ3) is 4.01. The molecule has 0 spiro atoms. The zero-order valence-corrected chi connectivity index (χ0v) is 8.04. The molecule has 2 heteroatoms. The summed E-state index contributed by atoms with van der Waals surface area (Å²) in [6.07, 6.45) is 5.76. The van der Waals surface area contributed by atoms with Gasteiger partial charge in [-0.2, -0.15) is 0 Å². The van der Waals surface area contributed by atoms with Crippen LogP contribution in [0.25, 0.3) is 6.08 Å². The number of rotatable bonds is 5. The van der Waals surface area contributed by atoms with Crippen molar-refractivity contribution in [1.29, 1.82) is 0 Å². The number of hydrogen-bond donors (Lipinski definition) is 1. The Hall–Kier alpha value is -1.41. The second kappa shape index (κ2) is 6.11. The van der Waals surface area contributed by atoms with Crippen molar-refractivity contribution in [2.24, 2.45) is 0 Å². The summed E-state index contributed by atoms with van der Waals surface area (Å²) in [6.45, 7) is 5.19. The second-order valence-electron chi connectivity index (χ2n) is 2.90. The van der Waals surface area contributed by atoms with E-state index in [0.717, 1.165) is 18.7 Å². The Kier molecular flexibility index (Phi) is 4.65. The molecule has 1 aromatic carbocycles. The van der Waals surface area contributed by atoms with Gasteiger partial charge in [-0.3, -0.25) is 0 Å². The molecule has 0 bridgehead atoms. The summed E-state index contributed by atoms with van der Waals surface area (Å²) in [6, 6.07) is 6.41. The first-order valence-electron chi connectivity index (χ1n) is 4.56. The van der Waals surface area contributed by atoms with E-state index < -0.39 is 0 Å². The predicted octanol–water partition coefficient (Wildman–Crippen LogP) is 2.61. The van der Waals surface area contributed by atoms with Gasteiger partial charge in [0.25, 0.3) is 0 Å². The second-order valence-corrected chi connectivity index (χ2v) is 2.90. The minimum Gasteiger partial charge on any atom is -0.310 e. The van der Waals surface area contributed by atoms with Gasteiger partial charge in [-0.1, -0.05) is 30.4 Å². The molecule has 0 fully saturated rings. The van der Waals surface area contributed by atoms with Gasteiger partial charge < -0.3 is 5.32 Å². The van der Waals surface area contributed by atoms with E-state index in [1.807, 2.05) is 18.2 Å². The monoisotopic (exact) mass is 191 g/mol. The van der Waals surface area contributed by atoms with Crippen molar-refractivity contribution in [3.05, 3.63) is 54.4 Å². The summed E-state index contributed by atoms with van der Waals surface area (Å²) in [4.78, 5) is 0. The lowest BCUT2D eigenvalue weighted by Gasteiger charge is -1.95. The molecule has 1 rings (SSSR count). The minimum absolute atomic E-state index is 0.202. The Morgan fingerprint density at radius 2 is 1.93 bits per heavy atom. The van der Waals surface area contributed by atoms with Gasteiger partial charge in [-0.25, -0.2) is 4.39 Å². The van der Waals surface area contributed by atoms with Crippen LogP contribution < -0.4 is 5.32 Å². The molecule has 0 aromatic heterocycles. The Morgan fingerprint density at radius 3 is 2.57 bits per heavy atom. The molecule has 0 aliphatic carbocycles. The molecular weight excluding hydrogens is 177 g/mol. The van der Waals surface area contributed by atoms with Crippen molar-refractivity contribution in [2.75, 3.05) is 13.1 Å². The van der Waals surface area contributed by atoms with E-state index in [9.17, 15) is 4.39 Å². The van der Waals surface area contributed by atoms with E-state index in [-0.39, 0.29) is 5.82 Å². The molecule has 1 nitrogen and oxygen atoms in total. The van der Waals surface area contributed by atoms with Crippen LogP contribution in [-0.4, -0.2) is 13.1 Å². The largest absolute Gasteiger partial charge is 0.310 e. The van der Waals surface area contributed by atoms with E-state index >= 15 is 0 Å². The summed E-state index contributed by atoms with van der Waals surface area (Å²) < 4.78 is 12.5. The molecular formula is C12H14FN. The highest BCUT2D eigenvalue weighted by Crippen LogP contribution is 2.03. The van der Waals surface area contributed by atoms with E-state index in [0.29, 0.717) is 0 Å². The lowest BCUT2D eigenvalue weighted by Crippen LogP contribution is -2.12. The third-order valence-electron chi connectivity index (χ3n) is 1.73. The first-order valence-corrected chi connectivity index (χ1v) is 4.56. The van der Waals surface area contributed by atoms with Crippen LogP contribution in [0, 0.1) is 5.82 Å². The maximum absolute atomic E-state index is 12.5. The fourth-order valence-corrected chi connectivity index (χ4v) is 1.04. The summed E-state index contributed by atoms with van der Waals surface area (Å²) in [5.74, 6) is -0.202. The Morgan fingerprint density at radius 1 is 1.21 bits per heavy atom. The van der Waals surface area contributed by atoms with Crippen LogP contribution in [0.1, 0.15) is 5.56 Å². The highest BCUT2D eigenvalue weighted by atomic mass is 19.1. The van der Waals surface area contributed by atoms with Crippen molar-refractivity contribution in [3.63, 3.8) is 0 Å². The van der Waals surface area contributed by atoms with Gasteiger partial charge in [0.1, 0.15) is 5.82 Å². The molecule has 0 amide bonds. The van der Waals surface area contributed by atoms with Crippen molar-refractivity contribution < 1.29 is 4.39 Å². The predicted molar refractivity (Wildman–Crippen MR) is 58.5 cm³/mol. The summed E-state index contributed by atoms with van der Waals surface area (Å²) in [5.41, 5.74) is 1.01. The van der Waals surface area contributed by atoms with E-state index in [1.165, 1.54) is 12.1 Å². The molecule has 74 valence electrons. The topological polar surface area (TPSA) is 12.0 Å². The summed E-state index contributed by atoms with van der Waals surface area (Å²) >= 11 is 0. The number of benzene rings is 1. The van der Waals surface area contributed by atoms with Crippen LogP contribution in [0.3, 0.4) is 0 Å². The van der Waals surface area contributed by atoms with Gasteiger partial charge in [0.15, 0.2) is 0 Å². The highest BCUT2D eigenvalue weighted by Gasteiger charge is 1.87. The van der Waals surface area contributed by atoms with E-state index in [2.05, 4.69) is 11.9 Å². The van der Waals surface area contributed by atoms with Crippen molar-refractivity contribution in [3.8, 4) is 0 Å². The number of nitrogens with one attached hydrogen (secondary N) is 1. The summed E-state index contributed by atoms with van der Waals surface area (Å²) in [5, 5.41) is 3.14. The fourth-order valence-electron chi connectivity index (χ4n) is 1.04. The lowest BCUT2D eigenvalue weighted by molar-refractivity contribution is 0.628. The molecule has 0 saturated heterocycles. The molecule has 0 radical (unpaired) electrons. The van der Waals surface area contributed by atoms with Gasteiger partial charge in [0.2, 0.25) is 0 Å². The Balaban J connectivity index is 2.36. The SMILES string of the molecule is C=CCNCC=Cc1ccc(F)cc1. The van der Waals surface area contributed by atoms with Crippen LogP contribution >= 0.6 is 0 Å². The van der Waals surface area contributed by atoms with Crippen molar-refractivity contribution in [2.45, 2.75) is 0 Å². The normalized spacial score (nSPS) is 10.6. The highest BCUT2D eigenvalue weighted by molar-refractivity contribution is 5.48. The first-order chi connectivity index (χ1) is 6.83. The first kappa shape index (κ1) is 10.7. The molecule has 0 heterocycles. The fraction of sp³-hybridized carbons (Fsp3) is 0.167. The lowest BCUT2D eigenvalue weighted by atomic mass is 10.2. The maximum atomic E-state index is 12.5. The van der Waals surface area contributed by atoms with E-state index in [1.54, 1.807) is 12.1 Å². The average Bonchev–Trinajstić information content (AvgIpc) is 2.21. The standard InChI is InChI=1S/C12H14FN/c1-2-9-14-10-3-4-11-5-7-12(13)8-6-11/h2-8,14H,1,9-10H2. The number of halogens is 1. The van der Waals surface area contributed by atoms with Crippen LogP contribution in [0.4, 0.5) is 4.39 Å².